The van der Waals surface area contributed by atoms with Crippen molar-refractivity contribution in [1.29, 1.82) is 0 Å². The summed E-state index contributed by atoms with van der Waals surface area (Å²) in [5.41, 5.74) is 3.20. The highest BCUT2D eigenvalue weighted by Gasteiger charge is 2.21. The molecule has 0 spiro atoms. The SMILES string of the molecule is CCCC(C)n1c(C(C)=O)cc2c1[B]C=C2. The second-order valence-corrected chi connectivity index (χ2v) is 4.46. The summed E-state index contributed by atoms with van der Waals surface area (Å²) in [6.07, 6.45) is 4.31. The lowest BCUT2D eigenvalue weighted by Crippen LogP contribution is -2.27. The molecular weight excluding hydrogens is 197 g/mol. The van der Waals surface area contributed by atoms with Crippen LogP contribution in [-0.4, -0.2) is 17.6 Å². The molecule has 1 radical (unpaired) electrons. The molecule has 1 unspecified atom stereocenters. The molecule has 1 aliphatic heterocycles. The van der Waals surface area contributed by atoms with Crippen molar-refractivity contribution in [2.75, 3.05) is 0 Å². The Morgan fingerprint density at radius 3 is 2.94 bits per heavy atom. The van der Waals surface area contributed by atoms with E-state index in [9.17, 15) is 4.79 Å². The Labute approximate surface area is 97.6 Å². The molecule has 0 amide bonds. The number of carbonyl (C=O) groups is 1. The summed E-state index contributed by atoms with van der Waals surface area (Å²) in [5.74, 6) is 2.20. The van der Waals surface area contributed by atoms with Gasteiger partial charge in [0, 0.05) is 13.0 Å². The van der Waals surface area contributed by atoms with E-state index in [4.69, 9.17) is 0 Å². The maximum Gasteiger partial charge on any atom is 0.205 e. The zero-order chi connectivity index (χ0) is 11.7. The Morgan fingerprint density at radius 1 is 1.56 bits per heavy atom. The van der Waals surface area contributed by atoms with Crippen molar-refractivity contribution < 1.29 is 4.79 Å². The van der Waals surface area contributed by atoms with Gasteiger partial charge in [0.2, 0.25) is 7.28 Å². The molecule has 2 rings (SSSR count). The smallest absolute Gasteiger partial charge is 0.205 e. The number of nitrogens with zero attached hydrogens (tertiary/aromatic N) is 1. The fraction of sp³-hybridized carbons (Fsp3) is 0.462. The predicted molar refractivity (Wildman–Crippen MR) is 68.5 cm³/mol. The minimum absolute atomic E-state index is 0.152. The van der Waals surface area contributed by atoms with Gasteiger partial charge in [-0.1, -0.05) is 19.4 Å². The molecule has 0 saturated heterocycles. The fourth-order valence-corrected chi connectivity index (χ4v) is 2.41. The Bertz CT molecular complexity index is 445. The van der Waals surface area contributed by atoms with Crippen molar-refractivity contribution in [3.05, 3.63) is 23.3 Å². The van der Waals surface area contributed by atoms with Gasteiger partial charge in [0.15, 0.2) is 5.78 Å². The molecule has 3 heteroatoms. The third-order valence-electron chi connectivity index (χ3n) is 3.14. The van der Waals surface area contributed by atoms with Gasteiger partial charge in [-0.05, 0) is 30.6 Å². The molecule has 1 aromatic rings. The lowest BCUT2D eigenvalue weighted by Gasteiger charge is -2.19. The van der Waals surface area contributed by atoms with E-state index in [0.717, 1.165) is 18.5 Å². The number of Topliss-reactive ketones (excluding diaryl/α,β-unsaturated/α-hetero) is 1. The quantitative estimate of drug-likeness (QED) is 0.557. The Hall–Kier alpha value is -1.25. The Balaban J connectivity index is 2.46. The summed E-state index contributed by atoms with van der Waals surface area (Å²) in [7, 11) is 2.09. The number of hydrogen-bond donors (Lipinski definition) is 0. The molecule has 0 N–H and O–H groups in total. The van der Waals surface area contributed by atoms with Crippen LogP contribution in [0.3, 0.4) is 0 Å². The first-order valence-corrected chi connectivity index (χ1v) is 5.92. The van der Waals surface area contributed by atoms with Crippen LogP contribution in [-0.2, 0) is 0 Å². The van der Waals surface area contributed by atoms with Gasteiger partial charge in [0.1, 0.15) is 0 Å². The summed E-state index contributed by atoms with van der Waals surface area (Å²) < 4.78 is 2.18. The van der Waals surface area contributed by atoms with E-state index in [1.165, 1.54) is 11.2 Å². The molecule has 1 atom stereocenters. The molecule has 0 bridgehead atoms. The van der Waals surface area contributed by atoms with Gasteiger partial charge in [-0.2, -0.15) is 0 Å². The van der Waals surface area contributed by atoms with Crippen molar-refractivity contribution in [1.82, 2.24) is 4.57 Å². The van der Waals surface area contributed by atoms with Gasteiger partial charge in [-0.25, -0.2) is 0 Å². The van der Waals surface area contributed by atoms with E-state index in [1.807, 2.05) is 12.0 Å². The van der Waals surface area contributed by atoms with Crippen molar-refractivity contribution >= 4 is 24.7 Å². The van der Waals surface area contributed by atoms with Crippen LogP contribution in [0.4, 0.5) is 0 Å². The maximum absolute atomic E-state index is 11.6. The number of carbonyl (C=O) groups excluding carboxylic acids is 1. The number of aromatic nitrogens is 1. The third kappa shape index (κ3) is 1.75. The molecule has 1 aromatic heterocycles. The molecule has 0 fully saturated rings. The van der Waals surface area contributed by atoms with Crippen molar-refractivity contribution in [2.45, 2.75) is 39.7 Å². The lowest BCUT2D eigenvalue weighted by atomic mass is 9.77. The summed E-state index contributed by atoms with van der Waals surface area (Å²) in [5, 5.41) is 0. The summed E-state index contributed by atoms with van der Waals surface area (Å²) in [6.45, 7) is 6.00. The van der Waals surface area contributed by atoms with Crippen LogP contribution in [0.15, 0.2) is 12.0 Å². The van der Waals surface area contributed by atoms with Crippen LogP contribution in [0.1, 0.15) is 55.7 Å². The monoisotopic (exact) mass is 214 g/mol. The van der Waals surface area contributed by atoms with Crippen LogP contribution in [0.25, 0.3) is 6.08 Å². The maximum atomic E-state index is 11.6. The van der Waals surface area contributed by atoms with Crippen LogP contribution in [0, 0.1) is 0 Å². The van der Waals surface area contributed by atoms with Gasteiger partial charge < -0.3 is 4.57 Å². The van der Waals surface area contributed by atoms with E-state index in [-0.39, 0.29) is 5.78 Å². The largest absolute Gasteiger partial charge is 0.348 e. The van der Waals surface area contributed by atoms with Crippen LogP contribution < -0.4 is 5.59 Å². The van der Waals surface area contributed by atoms with Gasteiger partial charge in [0.05, 0.1) is 5.69 Å². The van der Waals surface area contributed by atoms with E-state index in [2.05, 4.69) is 31.8 Å². The highest BCUT2D eigenvalue weighted by molar-refractivity contribution is 6.62. The minimum Gasteiger partial charge on any atom is -0.348 e. The lowest BCUT2D eigenvalue weighted by molar-refractivity contribution is 0.100. The summed E-state index contributed by atoms with van der Waals surface area (Å²) in [4.78, 5) is 11.6. The van der Waals surface area contributed by atoms with Crippen molar-refractivity contribution in [3.8, 4) is 0 Å². The molecule has 0 aromatic carbocycles. The average Bonchev–Trinajstić information content (AvgIpc) is 2.75. The number of hydrogen-bond acceptors (Lipinski definition) is 1. The Morgan fingerprint density at radius 2 is 2.31 bits per heavy atom. The third-order valence-corrected chi connectivity index (χ3v) is 3.14. The standard InChI is InChI=1S/C13H17BNO/c1-4-5-9(2)15-12(10(3)16)8-11-6-7-14-13(11)15/h6-9H,4-5H2,1-3H3. The zero-order valence-electron chi connectivity index (χ0n) is 10.2. The van der Waals surface area contributed by atoms with Gasteiger partial charge in [-0.15, -0.1) is 5.98 Å². The highest BCUT2D eigenvalue weighted by Crippen LogP contribution is 2.20. The highest BCUT2D eigenvalue weighted by atomic mass is 16.1. The molecule has 2 nitrogen and oxygen atoms in total. The van der Waals surface area contributed by atoms with Crippen molar-refractivity contribution in [3.63, 3.8) is 0 Å². The second-order valence-electron chi connectivity index (χ2n) is 4.46. The van der Waals surface area contributed by atoms with Gasteiger partial charge in [-0.3, -0.25) is 4.79 Å². The fourth-order valence-electron chi connectivity index (χ4n) is 2.41. The topological polar surface area (TPSA) is 22.0 Å². The van der Waals surface area contributed by atoms with Crippen molar-refractivity contribution in [2.24, 2.45) is 0 Å². The molecular formula is C13H17BNO. The van der Waals surface area contributed by atoms with E-state index < -0.39 is 0 Å². The first-order valence-electron chi connectivity index (χ1n) is 5.92. The molecule has 0 saturated carbocycles. The molecule has 16 heavy (non-hydrogen) atoms. The predicted octanol–water partition coefficient (Wildman–Crippen LogP) is 2.37. The zero-order valence-corrected chi connectivity index (χ0v) is 10.2. The molecule has 0 aliphatic carbocycles. The van der Waals surface area contributed by atoms with Crippen LogP contribution in [0.5, 0.6) is 0 Å². The van der Waals surface area contributed by atoms with E-state index in [0.29, 0.717) is 6.04 Å². The minimum atomic E-state index is 0.152. The van der Waals surface area contributed by atoms with Crippen LogP contribution in [0.2, 0.25) is 0 Å². The Kier molecular flexibility index (Phi) is 3.04. The number of rotatable bonds is 4. The second kappa shape index (κ2) is 4.32. The van der Waals surface area contributed by atoms with Gasteiger partial charge >= 0.3 is 0 Å². The first kappa shape index (κ1) is 11.2. The average molecular weight is 214 g/mol. The normalized spacial score (nSPS) is 14.7. The summed E-state index contributed by atoms with van der Waals surface area (Å²) >= 11 is 0. The summed E-state index contributed by atoms with van der Waals surface area (Å²) in [6, 6.07) is 2.40. The number of ketones is 1. The molecule has 83 valence electrons. The molecule has 2 heterocycles. The first-order chi connectivity index (χ1) is 7.65. The van der Waals surface area contributed by atoms with E-state index >= 15 is 0 Å². The molecule has 1 aliphatic rings. The van der Waals surface area contributed by atoms with Gasteiger partial charge in [0.25, 0.3) is 0 Å². The van der Waals surface area contributed by atoms with E-state index in [1.54, 1.807) is 6.92 Å². The number of fused-ring (bicyclic) bond motifs is 1. The van der Waals surface area contributed by atoms with Crippen LogP contribution >= 0.6 is 0 Å².